The van der Waals surface area contributed by atoms with Crippen LogP contribution < -0.4 is 10.2 Å². The minimum atomic E-state index is 0.506. The van der Waals surface area contributed by atoms with Gasteiger partial charge in [-0.15, -0.1) is 0 Å². The first-order chi connectivity index (χ1) is 9.68. The van der Waals surface area contributed by atoms with Crippen LogP contribution in [0, 0.1) is 0 Å². The molecular formula is C17H29N3. The van der Waals surface area contributed by atoms with Crippen molar-refractivity contribution in [1.29, 1.82) is 0 Å². The Morgan fingerprint density at radius 1 is 1.25 bits per heavy atom. The highest BCUT2D eigenvalue weighted by atomic mass is 15.2. The number of pyridine rings is 1. The van der Waals surface area contributed by atoms with Crippen LogP contribution in [-0.4, -0.2) is 24.1 Å². The molecule has 0 bridgehead atoms. The van der Waals surface area contributed by atoms with Crippen LogP contribution in [0.2, 0.25) is 0 Å². The lowest BCUT2D eigenvalue weighted by atomic mass is 10.1. The van der Waals surface area contributed by atoms with Gasteiger partial charge in [-0.25, -0.2) is 4.98 Å². The molecule has 1 aliphatic carbocycles. The number of hydrogen-bond acceptors (Lipinski definition) is 3. The standard InChI is InChI=1S/C17H29N3/c1-14(2)19-13-15-9-8-12-18-17(15)20(3)16-10-6-4-5-7-11-16/h8-9,12,14,16,19H,4-7,10-11,13H2,1-3H3. The van der Waals surface area contributed by atoms with E-state index in [0.29, 0.717) is 12.1 Å². The molecule has 3 nitrogen and oxygen atoms in total. The Hall–Kier alpha value is -1.09. The van der Waals surface area contributed by atoms with E-state index in [2.05, 4.69) is 42.2 Å². The Labute approximate surface area is 123 Å². The van der Waals surface area contributed by atoms with Crippen molar-refractivity contribution in [2.45, 2.75) is 71.0 Å². The van der Waals surface area contributed by atoms with Crippen molar-refractivity contribution in [3.05, 3.63) is 23.9 Å². The molecule has 1 heterocycles. The van der Waals surface area contributed by atoms with Crippen LogP contribution in [0.25, 0.3) is 0 Å². The highest BCUT2D eigenvalue weighted by Gasteiger charge is 2.20. The Balaban J connectivity index is 2.09. The number of aromatic nitrogens is 1. The van der Waals surface area contributed by atoms with E-state index in [4.69, 9.17) is 0 Å². The molecule has 1 aliphatic rings. The van der Waals surface area contributed by atoms with E-state index >= 15 is 0 Å². The van der Waals surface area contributed by atoms with Gasteiger partial charge in [0.1, 0.15) is 5.82 Å². The third kappa shape index (κ3) is 4.20. The molecule has 0 unspecified atom stereocenters. The van der Waals surface area contributed by atoms with E-state index in [1.54, 1.807) is 0 Å². The maximum absolute atomic E-state index is 4.65. The lowest BCUT2D eigenvalue weighted by molar-refractivity contribution is 0.542. The molecule has 0 amide bonds. The smallest absolute Gasteiger partial charge is 0.132 e. The molecule has 112 valence electrons. The van der Waals surface area contributed by atoms with Crippen molar-refractivity contribution in [3.8, 4) is 0 Å². The van der Waals surface area contributed by atoms with Crippen molar-refractivity contribution < 1.29 is 0 Å². The van der Waals surface area contributed by atoms with Gasteiger partial charge >= 0.3 is 0 Å². The molecule has 1 N–H and O–H groups in total. The zero-order valence-electron chi connectivity index (χ0n) is 13.2. The largest absolute Gasteiger partial charge is 0.356 e. The number of rotatable bonds is 5. The second-order valence-corrected chi connectivity index (χ2v) is 6.28. The van der Waals surface area contributed by atoms with E-state index in [9.17, 15) is 0 Å². The van der Waals surface area contributed by atoms with Crippen molar-refractivity contribution >= 4 is 5.82 Å². The van der Waals surface area contributed by atoms with Crippen LogP contribution in [0.15, 0.2) is 18.3 Å². The third-order valence-corrected chi connectivity index (χ3v) is 4.27. The van der Waals surface area contributed by atoms with Gasteiger partial charge in [0.15, 0.2) is 0 Å². The number of anilines is 1. The first-order valence-corrected chi connectivity index (χ1v) is 8.08. The Morgan fingerprint density at radius 3 is 2.60 bits per heavy atom. The Morgan fingerprint density at radius 2 is 1.95 bits per heavy atom. The highest BCUT2D eigenvalue weighted by Crippen LogP contribution is 2.26. The summed E-state index contributed by atoms with van der Waals surface area (Å²) in [6.07, 6.45) is 10.1. The summed E-state index contributed by atoms with van der Waals surface area (Å²) in [6.45, 7) is 5.27. The molecule has 1 aromatic rings. The molecule has 0 spiro atoms. The molecule has 0 aromatic carbocycles. The molecule has 0 radical (unpaired) electrons. The maximum Gasteiger partial charge on any atom is 0.132 e. The maximum atomic E-state index is 4.65. The third-order valence-electron chi connectivity index (χ3n) is 4.27. The van der Waals surface area contributed by atoms with Crippen molar-refractivity contribution in [3.63, 3.8) is 0 Å². The first kappa shape index (κ1) is 15.3. The van der Waals surface area contributed by atoms with E-state index in [1.165, 1.54) is 44.1 Å². The van der Waals surface area contributed by atoms with Crippen LogP contribution in [0.1, 0.15) is 57.9 Å². The molecule has 0 saturated heterocycles. The van der Waals surface area contributed by atoms with Crippen molar-refractivity contribution in [2.24, 2.45) is 0 Å². The summed E-state index contributed by atoms with van der Waals surface area (Å²) in [6, 6.07) is 5.41. The van der Waals surface area contributed by atoms with Crippen molar-refractivity contribution in [2.75, 3.05) is 11.9 Å². The number of nitrogens with one attached hydrogen (secondary N) is 1. The second-order valence-electron chi connectivity index (χ2n) is 6.28. The van der Waals surface area contributed by atoms with Gasteiger partial charge in [0.05, 0.1) is 0 Å². The molecule has 0 aliphatic heterocycles. The lowest BCUT2D eigenvalue weighted by Crippen LogP contribution is -2.33. The summed E-state index contributed by atoms with van der Waals surface area (Å²) >= 11 is 0. The molecule has 2 rings (SSSR count). The fourth-order valence-electron chi connectivity index (χ4n) is 3.02. The monoisotopic (exact) mass is 275 g/mol. The molecule has 0 atom stereocenters. The van der Waals surface area contributed by atoms with E-state index in [-0.39, 0.29) is 0 Å². The molecule has 1 saturated carbocycles. The predicted molar refractivity (Wildman–Crippen MR) is 86.1 cm³/mol. The van der Waals surface area contributed by atoms with Gasteiger partial charge in [-0.05, 0) is 18.9 Å². The second kappa shape index (κ2) is 7.63. The van der Waals surface area contributed by atoms with Crippen LogP contribution in [0.3, 0.4) is 0 Å². The lowest BCUT2D eigenvalue weighted by Gasteiger charge is -2.30. The summed E-state index contributed by atoms with van der Waals surface area (Å²) in [5.41, 5.74) is 1.31. The average molecular weight is 275 g/mol. The van der Waals surface area contributed by atoms with Crippen LogP contribution in [0.5, 0.6) is 0 Å². The number of hydrogen-bond donors (Lipinski definition) is 1. The summed E-state index contributed by atoms with van der Waals surface area (Å²) in [5.74, 6) is 1.16. The molecular weight excluding hydrogens is 246 g/mol. The minimum Gasteiger partial charge on any atom is -0.356 e. The Kier molecular flexibility index (Phi) is 5.84. The van der Waals surface area contributed by atoms with Gasteiger partial charge < -0.3 is 10.2 Å². The zero-order chi connectivity index (χ0) is 14.4. The molecule has 3 heteroatoms. The predicted octanol–water partition coefficient (Wildman–Crippen LogP) is 3.74. The first-order valence-electron chi connectivity index (χ1n) is 8.08. The zero-order valence-corrected chi connectivity index (χ0v) is 13.2. The van der Waals surface area contributed by atoms with Gasteiger partial charge in [0.2, 0.25) is 0 Å². The van der Waals surface area contributed by atoms with Gasteiger partial charge in [-0.2, -0.15) is 0 Å². The fourth-order valence-corrected chi connectivity index (χ4v) is 3.02. The normalized spacial score (nSPS) is 17.2. The fraction of sp³-hybridized carbons (Fsp3) is 0.706. The number of nitrogens with zero attached hydrogens (tertiary/aromatic N) is 2. The van der Waals surface area contributed by atoms with Crippen LogP contribution >= 0.6 is 0 Å². The van der Waals surface area contributed by atoms with E-state index in [0.717, 1.165) is 12.4 Å². The van der Waals surface area contributed by atoms with E-state index < -0.39 is 0 Å². The quantitative estimate of drug-likeness (QED) is 0.830. The molecule has 1 aromatic heterocycles. The minimum absolute atomic E-state index is 0.506. The summed E-state index contributed by atoms with van der Waals surface area (Å²) in [7, 11) is 2.22. The van der Waals surface area contributed by atoms with Gasteiger partial charge in [-0.1, -0.05) is 45.6 Å². The van der Waals surface area contributed by atoms with E-state index in [1.807, 2.05) is 12.3 Å². The summed E-state index contributed by atoms with van der Waals surface area (Å²) in [4.78, 5) is 7.07. The molecule has 20 heavy (non-hydrogen) atoms. The van der Waals surface area contributed by atoms with Crippen LogP contribution in [0.4, 0.5) is 5.82 Å². The SMILES string of the molecule is CC(C)NCc1cccnc1N(C)C1CCCCCC1. The van der Waals surface area contributed by atoms with Gasteiger partial charge in [0, 0.05) is 37.4 Å². The summed E-state index contributed by atoms with van der Waals surface area (Å²) < 4.78 is 0. The van der Waals surface area contributed by atoms with Crippen molar-refractivity contribution in [1.82, 2.24) is 10.3 Å². The average Bonchev–Trinajstić information content (AvgIpc) is 2.73. The van der Waals surface area contributed by atoms with Gasteiger partial charge in [0.25, 0.3) is 0 Å². The molecule has 1 fully saturated rings. The highest BCUT2D eigenvalue weighted by molar-refractivity contribution is 5.47. The van der Waals surface area contributed by atoms with Gasteiger partial charge in [-0.3, -0.25) is 0 Å². The summed E-state index contributed by atoms with van der Waals surface area (Å²) in [5, 5.41) is 3.51. The van der Waals surface area contributed by atoms with Crippen LogP contribution in [-0.2, 0) is 6.54 Å². The Bertz CT molecular complexity index is 395. The topological polar surface area (TPSA) is 28.2 Å².